The van der Waals surface area contributed by atoms with Crippen LogP contribution in [0.4, 0.5) is 4.79 Å². The summed E-state index contributed by atoms with van der Waals surface area (Å²) < 4.78 is 0. The molecule has 0 unspecified atom stereocenters. The summed E-state index contributed by atoms with van der Waals surface area (Å²) in [4.78, 5) is 16.5. The first-order chi connectivity index (χ1) is 7.86. The fourth-order valence-electron chi connectivity index (χ4n) is 3.35. The summed E-state index contributed by atoms with van der Waals surface area (Å²) in [6.45, 7) is 5.03. The van der Waals surface area contributed by atoms with Crippen molar-refractivity contribution in [3.05, 3.63) is 0 Å². The van der Waals surface area contributed by atoms with Gasteiger partial charge in [0.05, 0.1) is 0 Å². The predicted octanol–water partition coefficient (Wildman–Crippen LogP) is 0.886. The Morgan fingerprint density at radius 3 is 2.69 bits per heavy atom. The van der Waals surface area contributed by atoms with Crippen LogP contribution in [0.1, 0.15) is 25.7 Å². The lowest BCUT2D eigenvalue weighted by molar-refractivity contribution is 0.139. The normalized spacial score (nSPS) is 34.2. The van der Waals surface area contributed by atoms with Gasteiger partial charge in [0, 0.05) is 38.8 Å². The molecule has 0 aromatic heterocycles. The molecule has 0 spiro atoms. The van der Waals surface area contributed by atoms with E-state index in [0.717, 1.165) is 32.7 Å². The van der Waals surface area contributed by atoms with Gasteiger partial charge in [-0.05, 0) is 31.6 Å². The molecule has 3 aliphatic heterocycles. The number of piperidine rings is 1. The Hall–Kier alpha value is -0.770. The van der Waals surface area contributed by atoms with Gasteiger partial charge in [0.1, 0.15) is 0 Å². The molecule has 3 aliphatic rings. The largest absolute Gasteiger partial charge is 0.325 e. The fourth-order valence-corrected chi connectivity index (χ4v) is 3.35. The van der Waals surface area contributed by atoms with Crippen LogP contribution >= 0.6 is 0 Å². The van der Waals surface area contributed by atoms with Gasteiger partial charge < -0.3 is 15.1 Å². The van der Waals surface area contributed by atoms with Gasteiger partial charge in [-0.3, -0.25) is 0 Å². The van der Waals surface area contributed by atoms with Crippen LogP contribution in [0, 0.1) is 5.92 Å². The van der Waals surface area contributed by atoms with Crippen molar-refractivity contribution in [2.24, 2.45) is 5.92 Å². The Balaban J connectivity index is 1.65. The van der Waals surface area contributed by atoms with Crippen molar-refractivity contribution >= 4 is 6.03 Å². The van der Waals surface area contributed by atoms with Gasteiger partial charge in [0.25, 0.3) is 0 Å². The van der Waals surface area contributed by atoms with Crippen molar-refractivity contribution < 1.29 is 4.79 Å². The summed E-state index contributed by atoms with van der Waals surface area (Å²) in [6, 6.07) is 0.783. The minimum absolute atomic E-state index is 0.302. The number of urea groups is 1. The van der Waals surface area contributed by atoms with Gasteiger partial charge >= 0.3 is 6.03 Å². The van der Waals surface area contributed by atoms with Crippen molar-refractivity contribution in [2.45, 2.75) is 31.7 Å². The van der Waals surface area contributed by atoms with Gasteiger partial charge in [0.2, 0.25) is 0 Å². The zero-order valence-corrected chi connectivity index (χ0v) is 9.82. The molecule has 4 heteroatoms. The van der Waals surface area contributed by atoms with Crippen molar-refractivity contribution in [2.75, 3.05) is 32.7 Å². The van der Waals surface area contributed by atoms with Crippen LogP contribution in [-0.2, 0) is 0 Å². The number of carbonyl (C=O) groups excluding carboxylic acids is 1. The van der Waals surface area contributed by atoms with E-state index in [9.17, 15) is 4.79 Å². The lowest BCUT2D eigenvalue weighted by Crippen LogP contribution is -2.48. The van der Waals surface area contributed by atoms with Crippen LogP contribution in [0.25, 0.3) is 0 Å². The molecular formula is C12H21N3O. The predicted molar refractivity (Wildman–Crippen MR) is 62.3 cm³/mol. The average molecular weight is 223 g/mol. The van der Waals surface area contributed by atoms with Crippen LogP contribution in [0.2, 0.25) is 0 Å². The minimum Gasteiger partial charge on any atom is -0.325 e. The van der Waals surface area contributed by atoms with E-state index in [2.05, 4.69) is 15.1 Å². The van der Waals surface area contributed by atoms with Crippen LogP contribution in [-0.4, -0.2) is 54.6 Å². The molecule has 0 radical (unpaired) electrons. The highest BCUT2D eigenvalue weighted by atomic mass is 16.2. The van der Waals surface area contributed by atoms with E-state index in [-0.39, 0.29) is 0 Å². The second kappa shape index (κ2) is 4.24. The Morgan fingerprint density at radius 2 is 1.88 bits per heavy atom. The monoisotopic (exact) mass is 223 g/mol. The molecule has 0 bridgehead atoms. The maximum Gasteiger partial charge on any atom is 0.320 e. The van der Waals surface area contributed by atoms with Crippen LogP contribution in [0.15, 0.2) is 0 Å². The number of nitrogens with one attached hydrogen (secondary N) is 1. The third-order valence-corrected chi connectivity index (χ3v) is 4.32. The maximum absolute atomic E-state index is 12.4. The number of amides is 2. The molecule has 0 aliphatic carbocycles. The number of nitrogens with zero attached hydrogens (tertiary/aromatic N) is 2. The van der Waals surface area contributed by atoms with E-state index in [0.29, 0.717) is 18.0 Å². The molecule has 0 aromatic carbocycles. The average Bonchev–Trinajstić information content (AvgIpc) is 2.91. The van der Waals surface area contributed by atoms with Crippen molar-refractivity contribution in [1.82, 2.24) is 15.1 Å². The highest BCUT2D eigenvalue weighted by molar-refractivity contribution is 5.75. The number of fused-ring (bicyclic) bond motifs is 1. The third kappa shape index (κ3) is 1.69. The molecule has 3 rings (SSSR count). The molecule has 2 amide bonds. The van der Waals surface area contributed by atoms with E-state index >= 15 is 0 Å². The maximum atomic E-state index is 12.4. The summed E-state index contributed by atoms with van der Waals surface area (Å²) >= 11 is 0. The summed E-state index contributed by atoms with van der Waals surface area (Å²) in [5.74, 6) is 0.716. The van der Waals surface area contributed by atoms with Gasteiger partial charge in [-0.2, -0.15) is 0 Å². The fraction of sp³-hybridized carbons (Fsp3) is 0.917. The molecular weight excluding hydrogens is 202 g/mol. The Bertz CT molecular complexity index is 275. The summed E-state index contributed by atoms with van der Waals surface area (Å²) in [7, 11) is 0. The Morgan fingerprint density at radius 1 is 1.06 bits per heavy atom. The molecule has 3 saturated heterocycles. The molecule has 1 N–H and O–H groups in total. The first-order valence-corrected chi connectivity index (χ1v) is 6.62. The molecule has 0 aromatic rings. The second-order valence-corrected chi connectivity index (χ2v) is 5.30. The summed E-state index contributed by atoms with van der Waals surface area (Å²) in [6.07, 6.45) is 4.85. The lowest BCUT2D eigenvalue weighted by atomic mass is 10.1. The van der Waals surface area contributed by atoms with Gasteiger partial charge in [-0.15, -0.1) is 0 Å². The summed E-state index contributed by atoms with van der Waals surface area (Å²) in [5, 5.41) is 3.40. The zero-order valence-electron chi connectivity index (χ0n) is 9.82. The van der Waals surface area contributed by atoms with Crippen molar-refractivity contribution in [1.29, 1.82) is 0 Å². The summed E-state index contributed by atoms with van der Waals surface area (Å²) in [5.41, 5.74) is 0. The molecule has 16 heavy (non-hydrogen) atoms. The highest BCUT2D eigenvalue weighted by Gasteiger charge is 2.41. The zero-order chi connectivity index (χ0) is 11.0. The third-order valence-electron chi connectivity index (χ3n) is 4.32. The molecule has 4 nitrogen and oxygen atoms in total. The molecule has 3 fully saturated rings. The van der Waals surface area contributed by atoms with Crippen LogP contribution < -0.4 is 5.32 Å². The van der Waals surface area contributed by atoms with E-state index in [1.165, 1.54) is 25.7 Å². The van der Waals surface area contributed by atoms with Crippen LogP contribution in [0.3, 0.4) is 0 Å². The lowest BCUT2D eigenvalue weighted by Gasteiger charge is -2.33. The molecule has 90 valence electrons. The van der Waals surface area contributed by atoms with E-state index in [1.54, 1.807) is 0 Å². The Kier molecular flexibility index (Phi) is 2.75. The first kappa shape index (κ1) is 10.4. The second-order valence-electron chi connectivity index (χ2n) is 5.30. The molecule has 3 heterocycles. The number of hydrogen-bond donors (Lipinski definition) is 1. The number of likely N-dealkylation sites (tertiary alicyclic amines) is 2. The number of rotatable bonds is 0. The van der Waals surface area contributed by atoms with Crippen LogP contribution in [0.5, 0.6) is 0 Å². The number of hydrogen-bond acceptors (Lipinski definition) is 2. The molecule has 0 saturated carbocycles. The van der Waals surface area contributed by atoms with Crippen molar-refractivity contribution in [3.63, 3.8) is 0 Å². The molecule has 2 atom stereocenters. The topological polar surface area (TPSA) is 35.6 Å². The Labute approximate surface area is 97.0 Å². The number of carbonyl (C=O) groups is 1. The smallest absolute Gasteiger partial charge is 0.320 e. The quantitative estimate of drug-likeness (QED) is 0.662. The van der Waals surface area contributed by atoms with Crippen molar-refractivity contribution in [3.8, 4) is 0 Å². The SMILES string of the molecule is O=C(N1CCCCC1)N1CC[C@H]2CNC[C@H]21. The van der Waals surface area contributed by atoms with E-state index < -0.39 is 0 Å². The van der Waals surface area contributed by atoms with E-state index in [4.69, 9.17) is 0 Å². The standard InChI is InChI=1S/C12H21N3O/c16-12(14-5-2-1-3-6-14)15-7-4-10-8-13-9-11(10)15/h10-11,13H,1-9H2/t10-,11+/m0/s1. The minimum atomic E-state index is 0.302. The van der Waals surface area contributed by atoms with E-state index in [1.807, 2.05) is 0 Å². The van der Waals surface area contributed by atoms with Gasteiger partial charge in [-0.25, -0.2) is 4.79 Å². The van der Waals surface area contributed by atoms with Gasteiger partial charge in [-0.1, -0.05) is 0 Å². The first-order valence-electron chi connectivity index (χ1n) is 6.62. The highest BCUT2D eigenvalue weighted by Crippen LogP contribution is 2.28. The van der Waals surface area contributed by atoms with Gasteiger partial charge in [0.15, 0.2) is 0 Å².